The van der Waals surface area contributed by atoms with Crippen molar-refractivity contribution in [2.75, 3.05) is 6.54 Å². The topological polar surface area (TPSA) is 116 Å². The van der Waals surface area contributed by atoms with Crippen LogP contribution in [0.3, 0.4) is 0 Å². The molecule has 4 N–H and O–H groups in total. The fourth-order valence-electron chi connectivity index (χ4n) is 1.18. The molecule has 2 amide bonds. The number of carboxylic acid groups (broad SMARTS) is 1. The number of aliphatic carboxylic acids is 1. The molecule has 0 spiro atoms. The van der Waals surface area contributed by atoms with Gasteiger partial charge in [-0.3, -0.25) is 9.59 Å². The Bertz CT molecular complexity index is 460. The number of carbonyl (C=O) groups excluding carboxylic acids is 2. The molecule has 2 atom stereocenters. The fraction of sp³-hybridized carbons (Fsp3) is 0.364. The molecule has 0 saturated carbocycles. The van der Waals surface area contributed by atoms with Gasteiger partial charge in [0.05, 0.1) is 11.4 Å². The summed E-state index contributed by atoms with van der Waals surface area (Å²) in [6.45, 7) is 1.06. The Morgan fingerprint density at radius 3 is 2.63 bits per heavy atom. The lowest BCUT2D eigenvalue weighted by molar-refractivity contribution is -0.146. The highest BCUT2D eigenvalue weighted by Gasteiger charge is 2.19. The molecule has 0 fully saturated rings. The van der Waals surface area contributed by atoms with Crippen molar-refractivity contribution in [1.82, 2.24) is 10.6 Å². The van der Waals surface area contributed by atoms with E-state index < -0.39 is 30.6 Å². The van der Waals surface area contributed by atoms with E-state index in [2.05, 4.69) is 10.6 Å². The number of nitrogens with one attached hydrogen (secondary N) is 2. The molecule has 7 nitrogen and oxygen atoms in total. The number of carboxylic acids is 1. The molecule has 0 radical (unpaired) electrons. The monoisotopic (exact) mass is 286 g/mol. The number of thiophene rings is 1. The Labute approximate surface area is 113 Å². The van der Waals surface area contributed by atoms with Crippen LogP contribution in [0.15, 0.2) is 17.5 Å². The molecule has 19 heavy (non-hydrogen) atoms. The minimum atomic E-state index is -1.66. The Morgan fingerprint density at radius 2 is 2.11 bits per heavy atom. The van der Waals surface area contributed by atoms with Crippen molar-refractivity contribution >= 4 is 29.1 Å². The van der Waals surface area contributed by atoms with Crippen LogP contribution in [-0.2, 0) is 9.59 Å². The predicted octanol–water partition coefficient (Wildman–Crippen LogP) is -0.572. The van der Waals surface area contributed by atoms with E-state index in [-0.39, 0.29) is 5.91 Å². The molecule has 0 aromatic carbocycles. The number of rotatable bonds is 6. The van der Waals surface area contributed by atoms with E-state index in [9.17, 15) is 14.4 Å². The number of hydrogen-bond acceptors (Lipinski definition) is 5. The molecule has 104 valence electrons. The SMILES string of the molecule is CC(NC(=O)c1cccs1)C(=O)NCC(O)C(=O)O. The van der Waals surface area contributed by atoms with Gasteiger partial charge in [-0.25, -0.2) is 4.79 Å². The first-order valence-corrected chi connectivity index (χ1v) is 6.32. The first kappa shape index (κ1) is 15.1. The Kier molecular flexibility index (Phi) is 5.46. The van der Waals surface area contributed by atoms with E-state index in [1.165, 1.54) is 18.3 Å². The van der Waals surface area contributed by atoms with Gasteiger partial charge in [-0.1, -0.05) is 6.07 Å². The molecule has 0 aliphatic heterocycles. The number of aliphatic hydroxyl groups excluding tert-OH is 1. The van der Waals surface area contributed by atoms with Crippen molar-refractivity contribution in [2.45, 2.75) is 19.1 Å². The van der Waals surface area contributed by atoms with Gasteiger partial charge in [0, 0.05) is 0 Å². The minimum absolute atomic E-state index is 0.378. The summed E-state index contributed by atoms with van der Waals surface area (Å²) in [5.41, 5.74) is 0. The van der Waals surface area contributed by atoms with Gasteiger partial charge in [0.25, 0.3) is 5.91 Å². The normalized spacial score (nSPS) is 13.4. The zero-order valence-electron chi connectivity index (χ0n) is 10.1. The lowest BCUT2D eigenvalue weighted by Gasteiger charge is -2.14. The molecule has 0 aliphatic carbocycles. The van der Waals surface area contributed by atoms with Crippen LogP contribution >= 0.6 is 11.3 Å². The van der Waals surface area contributed by atoms with Crippen LogP contribution < -0.4 is 10.6 Å². The summed E-state index contributed by atoms with van der Waals surface area (Å²) in [5.74, 6) is -2.36. The van der Waals surface area contributed by atoms with E-state index in [1.807, 2.05) is 0 Å². The summed E-state index contributed by atoms with van der Waals surface area (Å²) in [7, 11) is 0. The molecule has 1 heterocycles. The van der Waals surface area contributed by atoms with E-state index >= 15 is 0 Å². The maximum Gasteiger partial charge on any atom is 0.334 e. The highest BCUT2D eigenvalue weighted by molar-refractivity contribution is 7.12. The summed E-state index contributed by atoms with van der Waals surface area (Å²) in [4.78, 5) is 34.0. The van der Waals surface area contributed by atoms with Gasteiger partial charge in [0.15, 0.2) is 6.10 Å². The molecule has 0 bridgehead atoms. The average molecular weight is 286 g/mol. The maximum atomic E-state index is 11.6. The van der Waals surface area contributed by atoms with Crippen LogP contribution in [0, 0.1) is 0 Å². The number of hydrogen-bond donors (Lipinski definition) is 4. The lowest BCUT2D eigenvalue weighted by atomic mass is 10.2. The molecule has 0 saturated heterocycles. The molecule has 0 aliphatic rings. The van der Waals surface area contributed by atoms with Crippen LogP contribution in [0.25, 0.3) is 0 Å². The quantitative estimate of drug-likeness (QED) is 0.559. The first-order valence-electron chi connectivity index (χ1n) is 5.44. The average Bonchev–Trinajstić information content (AvgIpc) is 2.88. The number of aliphatic hydroxyl groups is 1. The van der Waals surface area contributed by atoms with Gasteiger partial charge in [-0.05, 0) is 18.4 Å². The third-order valence-electron chi connectivity index (χ3n) is 2.24. The standard InChI is InChI=1S/C11H14N2O5S/c1-6(9(15)12-5-7(14)11(17)18)13-10(16)8-3-2-4-19-8/h2-4,6-7,14H,5H2,1H3,(H,12,15)(H,13,16)(H,17,18). The zero-order chi connectivity index (χ0) is 14.4. The highest BCUT2D eigenvalue weighted by Crippen LogP contribution is 2.07. The molecule has 2 unspecified atom stereocenters. The summed E-state index contributed by atoms with van der Waals surface area (Å²) in [5, 5.41) is 23.9. The third-order valence-corrected chi connectivity index (χ3v) is 3.11. The highest BCUT2D eigenvalue weighted by atomic mass is 32.1. The molecule has 8 heteroatoms. The summed E-state index contributed by atoms with van der Waals surface area (Å²) in [6, 6.07) is 2.52. The second kappa shape index (κ2) is 6.86. The van der Waals surface area contributed by atoms with Crippen molar-refractivity contribution in [2.24, 2.45) is 0 Å². The van der Waals surface area contributed by atoms with E-state index in [4.69, 9.17) is 10.2 Å². The Hall–Kier alpha value is -1.93. The van der Waals surface area contributed by atoms with Crippen LogP contribution in [-0.4, -0.2) is 46.7 Å². The van der Waals surface area contributed by atoms with Crippen LogP contribution in [0.2, 0.25) is 0 Å². The Balaban J connectivity index is 2.41. The van der Waals surface area contributed by atoms with Crippen LogP contribution in [0.4, 0.5) is 0 Å². The van der Waals surface area contributed by atoms with Crippen LogP contribution in [0.1, 0.15) is 16.6 Å². The summed E-state index contributed by atoms with van der Waals surface area (Å²) >= 11 is 1.25. The molecular weight excluding hydrogens is 272 g/mol. The smallest absolute Gasteiger partial charge is 0.334 e. The minimum Gasteiger partial charge on any atom is -0.479 e. The van der Waals surface area contributed by atoms with Crippen LogP contribution in [0.5, 0.6) is 0 Å². The van der Waals surface area contributed by atoms with Gasteiger partial charge < -0.3 is 20.8 Å². The van der Waals surface area contributed by atoms with Crippen molar-refractivity contribution in [3.63, 3.8) is 0 Å². The number of carbonyl (C=O) groups is 3. The zero-order valence-corrected chi connectivity index (χ0v) is 10.9. The number of amides is 2. The van der Waals surface area contributed by atoms with Gasteiger partial charge in [0.1, 0.15) is 6.04 Å². The van der Waals surface area contributed by atoms with Crippen molar-refractivity contribution in [3.8, 4) is 0 Å². The summed E-state index contributed by atoms with van der Waals surface area (Å²) in [6.07, 6.45) is -1.66. The summed E-state index contributed by atoms with van der Waals surface area (Å²) < 4.78 is 0. The first-order chi connectivity index (χ1) is 8.91. The van der Waals surface area contributed by atoms with E-state index in [0.29, 0.717) is 4.88 Å². The maximum absolute atomic E-state index is 11.6. The van der Waals surface area contributed by atoms with Gasteiger partial charge >= 0.3 is 5.97 Å². The third kappa shape index (κ3) is 4.68. The van der Waals surface area contributed by atoms with Crippen molar-refractivity contribution in [3.05, 3.63) is 22.4 Å². The van der Waals surface area contributed by atoms with Gasteiger partial charge in [-0.15, -0.1) is 11.3 Å². The Morgan fingerprint density at radius 1 is 1.42 bits per heavy atom. The largest absolute Gasteiger partial charge is 0.479 e. The van der Waals surface area contributed by atoms with Crippen molar-refractivity contribution in [1.29, 1.82) is 0 Å². The second-order valence-corrected chi connectivity index (χ2v) is 4.72. The lowest BCUT2D eigenvalue weighted by Crippen LogP contribution is -2.47. The molecule has 1 aromatic heterocycles. The fourth-order valence-corrected chi connectivity index (χ4v) is 1.81. The van der Waals surface area contributed by atoms with Crippen molar-refractivity contribution < 1.29 is 24.6 Å². The predicted molar refractivity (Wildman–Crippen MR) is 67.9 cm³/mol. The second-order valence-electron chi connectivity index (χ2n) is 3.77. The van der Waals surface area contributed by atoms with Gasteiger partial charge in [0.2, 0.25) is 5.91 Å². The molecule has 1 aromatic rings. The van der Waals surface area contributed by atoms with E-state index in [0.717, 1.165) is 0 Å². The molecule has 1 rings (SSSR count). The van der Waals surface area contributed by atoms with Gasteiger partial charge in [-0.2, -0.15) is 0 Å². The molecular formula is C11H14N2O5S. The van der Waals surface area contributed by atoms with E-state index in [1.54, 1.807) is 17.5 Å².